The predicted octanol–water partition coefficient (Wildman–Crippen LogP) is 3.64. The van der Waals surface area contributed by atoms with E-state index in [1.165, 1.54) is 6.20 Å². The molecule has 0 aliphatic carbocycles. The van der Waals surface area contributed by atoms with Crippen LogP contribution < -0.4 is 11.1 Å². The zero-order chi connectivity index (χ0) is 14.0. The summed E-state index contributed by atoms with van der Waals surface area (Å²) in [4.78, 5) is 16.1. The molecule has 1 aromatic heterocycles. The lowest BCUT2D eigenvalue weighted by molar-refractivity contribution is 0.102. The van der Waals surface area contributed by atoms with E-state index < -0.39 is 0 Å². The number of anilines is 2. The van der Waals surface area contributed by atoms with Crippen molar-refractivity contribution in [2.45, 2.75) is 6.92 Å². The fourth-order valence-corrected chi connectivity index (χ4v) is 2.31. The minimum Gasteiger partial charge on any atom is -0.397 e. The van der Waals surface area contributed by atoms with E-state index in [1.807, 2.05) is 13.0 Å². The van der Waals surface area contributed by atoms with Gasteiger partial charge in [-0.3, -0.25) is 4.79 Å². The van der Waals surface area contributed by atoms with Crippen LogP contribution >= 0.6 is 27.5 Å². The summed E-state index contributed by atoms with van der Waals surface area (Å²) < 4.78 is 0.615. The first kappa shape index (κ1) is 13.8. The number of halogens is 2. The molecule has 1 aromatic carbocycles. The second kappa shape index (κ2) is 5.59. The summed E-state index contributed by atoms with van der Waals surface area (Å²) in [6.07, 6.45) is 1.47. The Morgan fingerprint density at radius 1 is 1.42 bits per heavy atom. The van der Waals surface area contributed by atoms with Gasteiger partial charge >= 0.3 is 0 Å². The number of nitrogens with one attached hydrogen (secondary N) is 1. The molecule has 3 N–H and O–H groups in total. The smallest absolute Gasteiger partial charge is 0.258 e. The van der Waals surface area contributed by atoms with Crippen molar-refractivity contribution in [2.24, 2.45) is 0 Å². The van der Waals surface area contributed by atoms with Crippen LogP contribution in [0.1, 0.15) is 15.9 Å². The molecular formula is C13H11BrClN3O. The van der Waals surface area contributed by atoms with Crippen LogP contribution in [0.2, 0.25) is 5.02 Å². The monoisotopic (exact) mass is 339 g/mol. The normalized spacial score (nSPS) is 10.3. The van der Waals surface area contributed by atoms with Crippen molar-refractivity contribution in [3.8, 4) is 0 Å². The predicted molar refractivity (Wildman–Crippen MR) is 80.5 cm³/mol. The number of amides is 1. The van der Waals surface area contributed by atoms with Gasteiger partial charge in [0, 0.05) is 0 Å². The molecule has 1 heterocycles. The van der Waals surface area contributed by atoms with Crippen LogP contribution in [-0.4, -0.2) is 10.9 Å². The molecule has 0 unspecified atom stereocenters. The molecule has 0 aliphatic heterocycles. The molecule has 0 saturated heterocycles. The van der Waals surface area contributed by atoms with E-state index in [1.54, 1.807) is 18.2 Å². The summed E-state index contributed by atoms with van der Waals surface area (Å²) in [5, 5.41) is 3.08. The van der Waals surface area contributed by atoms with Crippen molar-refractivity contribution in [2.75, 3.05) is 11.1 Å². The molecular weight excluding hydrogens is 330 g/mol. The van der Waals surface area contributed by atoms with Crippen molar-refractivity contribution < 1.29 is 4.79 Å². The van der Waals surface area contributed by atoms with Gasteiger partial charge in [-0.1, -0.05) is 17.7 Å². The summed E-state index contributed by atoms with van der Waals surface area (Å²) in [6, 6.07) is 6.91. The summed E-state index contributed by atoms with van der Waals surface area (Å²) in [5.41, 5.74) is 7.49. The van der Waals surface area contributed by atoms with Crippen molar-refractivity contribution in [1.82, 2.24) is 4.98 Å². The van der Waals surface area contributed by atoms with Gasteiger partial charge in [-0.25, -0.2) is 4.98 Å². The number of nitrogens with two attached hydrogens (primary N) is 1. The topological polar surface area (TPSA) is 68.0 Å². The third kappa shape index (κ3) is 3.24. The highest BCUT2D eigenvalue weighted by atomic mass is 79.9. The Labute approximate surface area is 124 Å². The Morgan fingerprint density at radius 3 is 2.79 bits per heavy atom. The zero-order valence-corrected chi connectivity index (χ0v) is 12.4. The number of carbonyl (C=O) groups is 1. The molecule has 0 radical (unpaired) electrons. The van der Waals surface area contributed by atoms with Crippen LogP contribution in [0.3, 0.4) is 0 Å². The number of benzene rings is 1. The van der Waals surface area contributed by atoms with Crippen LogP contribution in [0.15, 0.2) is 34.9 Å². The zero-order valence-electron chi connectivity index (χ0n) is 10.1. The molecule has 0 saturated carbocycles. The van der Waals surface area contributed by atoms with E-state index in [0.29, 0.717) is 26.6 Å². The van der Waals surface area contributed by atoms with Crippen LogP contribution in [0.5, 0.6) is 0 Å². The SMILES string of the molecule is Cc1ccc(C(=O)Nc2ncc(N)cc2Br)c(Cl)c1. The third-order valence-corrected chi connectivity index (χ3v) is 3.38. The first-order valence-electron chi connectivity index (χ1n) is 5.46. The van der Waals surface area contributed by atoms with Crippen molar-refractivity contribution >= 4 is 44.9 Å². The van der Waals surface area contributed by atoms with Gasteiger partial charge in [0.1, 0.15) is 5.82 Å². The average molecular weight is 341 g/mol. The fourth-order valence-electron chi connectivity index (χ4n) is 1.52. The average Bonchev–Trinajstić information content (AvgIpc) is 2.32. The molecule has 0 atom stereocenters. The number of carbonyl (C=O) groups excluding carboxylic acids is 1. The molecule has 6 heteroatoms. The lowest BCUT2D eigenvalue weighted by Crippen LogP contribution is -2.14. The lowest BCUT2D eigenvalue weighted by Gasteiger charge is -2.08. The highest BCUT2D eigenvalue weighted by molar-refractivity contribution is 9.10. The number of aryl methyl sites for hydroxylation is 1. The molecule has 98 valence electrons. The van der Waals surface area contributed by atoms with Gasteiger partial charge in [-0.15, -0.1) is 0 Å². The molecule has 4 nitrogen and oxygen atoms in total. The Hall–Kier alpha value is -1.59. The number of hydrogen-bond acceptors (Lipinski definition) is 3. The van der Waals surface area contributed by atoms with Crippen LogP contribution in [0, 0.1) is 6.92 Å². The maximum Gasteiger partial charge on any atom is 0.258 e. The number of hydrogen-bond donors (Lipinski definition) is 2. The summed E-state index contributed by atoms with van der Waals surface area (Å²) in [7, 11) is 0. The highest BCUT2D eigenvalue weighted by Gasteiger charge is 2.12. The van der Waals surface area contributed by atoms with E-state index in [4.69, 9.17) is 17.3 Å². The van der Waals surface area contributed by atoms with Crippen LogP contribution in [-0.2, 0) is 0 Å². The van der Waals surface area contributed by atoms with Crippen molar-refractivity contribution in [1.29, 1.82) is 0 Å². The van der Waals surface area contributed by atoms with Crippen LogP contribution in [0.25, 0.3) is 0 Å². The van der Waals surface area contributed by atoms with Gasteiger partial charge in [-0.2, -0.15) is 0 Å². The van der Waals surface area contributed by atoms with Crippen LogP contribution in [0.4, 0.5) is 11.5 Å². The maximum absolute atomic E-state index is 12.1. The van der Waals surface area contributed by atoms with Gasteiger partial charge in [0.2, 0.25) is 0 Å². The Balaban J connectivity index is 2.25. The fraction of sp³-hybridized carbons (Fsp3) is 0.0769. The molecule has 0 fully saturated rings. The Kier molecular flexibility index (Phi) is 4.07. The molecule has 2 aromatic rings. The van der Waals surface area contributed by atoms with E-state index in [2.05, 4.69) is 26.2 Å². The second-order valence-electron chi connectivity index (χ2n) is 4.04. The lowest BCUT2D eigenvalue weighted by atomic mass is 10.1. The molecule has 2 rings (SSSR count). The van der Waals surface area contributed by atoms with E-state index >= 15 is 0 Å². The first-order chi connectivity index (χ1) is 8.97. The maximum atomic E-state index is 12.1. The van der Waals surface area contributed by atoms with Crippen molar-refractivity contribution in [3.05, 3.63) is 51.1 Å². The van der Waals surface area contributed by atoms with E-state index in [-0.39, 0.29) is 5.91 Å². The van der Waals surface area contributed by atoms with Gasteiger partial charge in [-0.05, 0) is 46.6 Å². The highest BCUT2D eigenvalue weighted by Crippen LogP contribution is 2.24. The van der Waals surface area contributed by atoms with E-state index in [0.717, 1.165) is 5.56 Å². The molecule has 19 heavy (non-hydrogen) atoms. The summed E-state index contributed by atoms with van der Waals surface area (Å²) >= 11 is 9.33. The summed E-state index contributed by atoms with van der Waals surface area (Å²) in [6.45, 7) is 1.91. The largest absolute Gasteiger partial charge is 0.397 e. The minimum atomic E-state index is -0.317. The number of rotatable bonds is 2. The third-order valence-electron chi connectivity index (χ3n) is 2.46. The molecule has 0 aliphatic rings. The molecule has 1 amide bonds. The van der Waals surface area contributed by atoms with E-state index in [9.17, 15) is 4.79 Å². The number of pyridine rings is 1. The number of aromatic nitrogens is 1. The quantitative estimate of drug-likeness (QED) is 0.877. The number of nitrogen functional groups attached to an aromatic ring is 1. The molecule has 0 bridgehead atoms. The van der Waals surface area contributed by atoms with Gasteiger partial charge in [0.05, 0.1) is 26.9 Å². The second-order valence-corrected chi connectivity index (χ2v) is 5.30. The van der Waals surface area contributed by atoms with Gasteiger partial charge in [0.15, 0.2) is 0 Å². The van der Waals surface area contributed by atoms with Gasteiger partial charge < -0.3 is 11.1 Å². The number of nitrogens with zero attached hydrogens (tertiary/aromatic N) is 1. The van der Waals surface area contributed by atoms with Gasteiger partial charge in [0.25, 0.3) is 5.91 Å². The Morgan fingerprint density at radius 2 is 2.16 bits per heavy atom. The summed E-state index contributed by atoms with van der Waals surface area (Å²) in [5.74, 6) is 0.0822. The van der Waals surface area contributed by atoms with Crippen molar-refractivity contribution in [3.63, 3.8) is 0 Å². The first-order valence-corrected chi connectivity index (χ1v) is 6.63. The minimum absolute atomic E-state index is 0.317. The molecule has 0 spiro atoms. The Bertz CT molecular complexity index is 646. The standard InChI is InChI=1S/C13H11BrClN3O/c1-7-2-3-9(11(15)4-7)13(19)18-12-10(14)5-8(16)6-17-12/h2-6H,16H2,1H3,(H,17,18,19).